The first-order chi connectivity index (χ1) is 7.24. The molecule has 0 aliphatic carbocycles. The summed E-state index contributed by atoms with van der Waals surface area (Å²) in [5.74, 6) is 2.68. The van der Waals surface area contributed by atoms with Crippen LogP contribution in [0.2, 0.25) is 0 Å². The van der Waals surface area contributed by atoms with Crippen molar-refractivity contribution in [2.24, 2.45) is 10.9 Å². The van der Waals surface area contributed by atoms with Crippen LogP contribution in [0.25, 0.3) is 0 Å². The Morgan fingerprint density at radius 3 is 3.13 bits per heavy atom. The van der Waals surface area contributed by atoms with Crippen molar-refractivity contribution in [2.75, 3.05) is 12.3 Å². The van der Waals surface area contributed by atoms with Crippen LogP contribution in [0.1, 0.15) is 18.4 Å². The summed E-state index contributed by atoms with van der Waals surface area (Å²) in [6.07, 6.45) is 0. The Hall–Kier alpha value is -0.970. The summed E-state index contributed by atoms with van der Waals surface area (Å²) in [4.78, 5) is 4.44. The quantitative estimate of drug-likeness (QED) is 0.834. The summed E-state index contributed by atoms with van der Waals surface area (Å²) in [5, 5.41) is 8.20. The molecule has 1 aromatic heterocycles. The molecule has 0 bridgehead atoms. The van der Waals surface area contributed by atoms with Crippen LogP contribution in [0, 0.1) is 12.8 Å². The minimum absolute atomic E-state index is 0.690. The number of hydrogen-bond acceptors (Lipinski definition) is 5. The highest BCUT2D eigenvalue weighted by molar-refractivity contribution is 8.13. The molecule has 4 nitrogen and oxygen atoms in total. The van der Waals surface area contributed by atoms with Gasteiger partial charge in [0.25, 0.3) is 0 Å². The molecule has 0 spiro atoms. The molecule has 5 heteroatoms. The van der Waals surface area contributed by atoms with Crippen molar-refractivity contribution in [3.05, 3.63) is 17.5 Å². The van der Waals surface area contributed by atoms with Crippen LogP contribution in [-0.2, 0) is 6.54 Å². The van der Waals surface area contributed by atoms with Crippen molar-refractivity contribution in [1.29, 1.82) is 0 Å². The third kappa shape index (κ3) is 2.99. The zero-order valence-corrected chi connectivity index (χ0v) is 9.80. The van der Waals surface area contributed by atoms with E-state index in [1.807, 2.05) is 13.0 Å². The second kappa shape index (κ2) is 4.70. The Kier molecular flexibility index (Phi) is 3.30. The highest BCUT2D eigenvalue weighted by atomic mass is 32.2. The summed E-state index contributed by atoms with van der Waals surface area (Å²) in [6.45, 7) is 5.73. The van der Waals surface area contributed by atoms with Gasteiger partial charge in [-0.1, -0.05) is 23.8 Å². The lowest BCUT2D eigenvalue weighted by Crippen LogP contribution is -2.25. The van der Waals surface area contributed by atoms with E-state index in [1.165, 1.54) is 0 Å². The molecule has 0 fully saturated rings. The number of nitrogens with one attached hydrogen (secondary N) is 1. The fourth-order valence-electron chi connectivity index (χ4n) is 1.33. The van der Waals surface area contributed by atoms with E-state index in [4.69, 9.17) is 4.52 Å². The van der Waals surface area contributed by atoms with Crippen molar-refractivity contribution in [2.45, 2.75) is 20.4 Å². The number of rotatable bonds is 2. The molecule has 2 rings (SSSR count). The first-order valence-corrected chi connectivity index (χ1v) is 6.06. The Balaban J connectivity index is 1.83. The van der Waals surface area contributed by atoms with Crippen molar-refractivity contribution in [3.63, 3.8) is 0 Å². The van der Waals surface area contributed by atoms with Crippen LogP contribution in [0.3, 0.4) is 0 Å². The molecule has 1 unspecified atom stereocenters. The van der Waals surface area contributed by atoms with Crippen molar-refractivity contribution < 1.29 is 4.52 Å². The summed E-state index contributed by atoms with van der Waals surface area (Å²) < 4.78 is 4.98. The SMILES string of the molecule is Cc1cc(CNC2=NCC(C)CS2)no1. The number of hydrogen-bond donors (Lipinski definition) is 1. The lowest BCUT2D eigenvalue weighted by atomic mass is 10.2. The standard InChI is InChI=1S/C10H15N3OS/c1-7-4-11-10(15-6-7)12-5-9-3-8(2)14-13-9/h3,7H,4-6H2,1-2H3,(H,11,12). The van der Waals surface area contributed by atoms with E-state index < -0.39 is 0 Å². The third-order valence-corrected chi connectivity index (χ3v) is 3.43. The lowest BCUT2D eigenvalue weighted by Gasteiger charge is -2.17. The zero-order chi connectivity index (χ0) is 10.7. The Morgan fingerprint density at radius 1 is 1.67 bits per heavy atom. The summed E-state index contributed by atoms with van der Waals surface area (Å²) >= 11 is 1.78. The maximum Gasteiger partial charge on any atom is 0.156 e. The highest BCUT2D eigenvalue weighted by Gasteiger charge is 2.11. The molecule has 0 saturated carbocycles. The molecule has 82 valence electrons. The molecular formula is C10H15N3OS. The van der Waals surface area contributed by atoms with E-state index in [-0.39, 0.29) is 0 Å². The van der Waals surface area contributed by atoms with Gasteiger partial charge in [-0.05, 0) is 12.8 Å². The van der Waals surface area contributed by atoms with Gasteiger partial charge in [-0.3, -0.25) is 4.99 Å². The van der Waals surface area contributed by atoms with Crippen LogP contribution >= 0.6 is 11.8 Å². The maximum atomic E-state index is 4.98. The fourth-order valence-corrected chi connectivity index (χ4v) is 2.22. The number of nitrogens with zero attached hydrogens (tertiary/aromatic N) is 2. The van der Waals surface area contributed by atoms with Gasteiger partial charge in [0.15, 0.2) is 5.17 Å². The van der Waals surface area contributed by atoms with Gasteiger partial charge >= 0.3 is 0 Å². The molecule has 0 saturated heterocycles. The maximum absolute atomic E-state index is 4.98. The molecule has 1 atom stereocenters. The first-order valence-electron chi connectivity index (χ1n) is 5.07. The molecule has 1 aliphatic rings. The molecule has 0 aromatic carbocycles. The topological polar surface area (TPSA) is 50.4 Å². The fraction of sp³-hybridized carbons (Fsp3) is 0.600. The Morgan fingerprint density at radius 2 is 2.53 bits per heavy atom. The number of aromatic nitrogens is 1. The normalized spacial score (nSPS) is 21.2. The lowest BCUT2D eigenvalue weighted by molar-refractivity contribution is 0.390. The molecule has 0 amide bonds. The molecule has 2 heterocycles. The molecule has 0 radical (unpaired) electrons. The van der Waals surface area contributed by atoms with Gasteiger partial charge < -0.3 is 9.84 Å². The smallest absolute Gasteiger partial charge is 0.156 e. The van der Waals surface area contributed by atoms with Crippen molar-refractivity contribution in [1.82, 2.24) is 10.5 Å². The van der Waals surface area contributed by atoms with Crippen LogP contribution in [-0.4, -0.2) is 22.6 Å². The second-order valence-corrected chi connectivity index (χ2v) is 4.85. The van der Waals surface area contributed by atoms with Gasteiger partial charge in [0.1, 0.15) is 11.5 Å². The van der Waals surface area contributed by atoms with Crippen LogP contribution in [0.5, 0.6) is 0 Å². The monoisotopic (exact) mass is 225 g/mol. The number of thioether (sulfide) groups is 1. The minimum atomic E-state index is 0.690. The number of amidine groups is 1. The number of aliphatic imine (C=N–C) groups is 1. The Labute approximate surface area is 93.5 Å². The predicted octanol–water partition coefficient (Wildman–Crippen LogP) is 1.81. The average Bonchev–Trinajstić information content (AvgIpc) is 2.64. The van der Waals surface area contributed by atoms with Gasteiger partial charge in [0, 0.05) is 18.4 Å². The van der Waals surface area contributed by atoms with Gasteiger partial charge in [-0.15, -0.1) is 0 Å². The zero-order valence-electron chi connectivity index (χ0n) is 8.99. The number of aryl methyl sites for hydroxylation is 1. The summed E-state index contributed by atoms with van der Waals surface area (Å²) in [6, 6.07) is 1.93. The van der Waals surface area contributed by atoms with Gasteiger partial charge in [0.2, 0.25) is 0 Å². The first kappa shape index (κ1) is 10.5. The van der Waals surface area contributed by atoms with Crippen molar-refractivity contribution in [3.8, 4) is 0 Å². The van der Waals surface area contributed by atoms with Gasteiger partial charge in [0.05, 0.1) is 6.54 Å². The highest BCUT2D eigenvalue weighted by Crippen LogP contribution is 2.15. The van der Waals surface area contributed by atoms with Gasteiger partial charge in [-0.2, -0.15) is 0 Å². The van der Waals surface area contributed by atoms with E-state index >= 15 is 0 Å². The third-order valence-electron chi connectivity index (χ3n) is 2.15. The van der Waals surface area contributed by atoms with Crippen LogP contribution in [0.4, 0.5) is 0 Å². The van der Waals surface area contributed by atoms with E-state index in [0.717, 1.165) is 28.9 Å². The second-order valence-electron chi connectivity index (χ2n) is 3.84. The summed E-state index contributed by atoms with van der Waals surface area (Å²) in [7, 11) is 0. The molecule has 1 aromatic rings. The molecular weight excluding hydrogens is 210 g/mol. The average molecular weight is 225 g/mol. The van der Waals surface area contributed by atoms with E-state index in [1.54, 1.807) is 11.8 Å². The minimum Gasteiger partial charge on any atom is -0.361 e. The summed E-state index contributed by atoms with van der Waals surface area (Å²) in [5.41, 5.74) is 0.925. The molecule has 1 N–H and O–H groups in total. The van der Waals surface area contributed by atoms with E-state index in [9.17, 15) is 0 Å². The Bertz CT molecular complexity index is 361. The van der Waals surface area contributed by atoms with Gasteiger partial charge in [-0.25, -0.2) is 0 Å². The van der Waals surface area contributed by atoms with Crippen LogP contribution in [0.15, 0.2) is 15.6 Å². The van der Waals surface area contributed by atoms with E-state index in [2.05, 4.69) is 22.4 Å². The largest absolute Gasteiger partial charge is 0.361 e. The predicted molar refractivity (Wildman–Crippen MR) is 62.0 cm³/mol. The van der Waals surface area contributed by atoms with E-state index in [0.29, 0.717) is 12.5 Å². The van der Waals surface area contributed by atoms with Crippen LogP contribution < -0.4 is 5.32 Å². The van der Waals surface area contributed by atoms with Crippen molar-refractivity contribution >= 4 is 16.9 Å². The molecule has 15 heavy (non-hydrogen) atoms. The molecule has 1 aliphatic heterocycles.